The second-order valence-electron chi connectivity index (χ2n) is 5.69. The summed E-state index contributed by atoms with van der Waals surface area (Å²) in [6.07, 6.45) is 2.03. The van der Waals surface area contributed by atoms with Crippen molar-refractivity contribution in [1.82, 2.24) is 10.2 Å². The van der Waals surface area contributed by atoms with Gasteiger partial charge >= 0.3 is 0 Å². The molecule has 1 heterocycles. The van der Waals surface area contributed by atoms with Crippen LogP contribution in [0.5, 0.6) is 5.75 Å². The number of hydrogen-bond acceptors (Lipinski definition) is 4. The Hall–Kier alpha value is -1.69. The number of amides is 1. The van der Waals surface area contributed by atoms with Crippen LogP contribution in [-0.4, -0.2) is 43.8 Å². The topological polar surface area (TPSA) is 41.6 Å². The molecule has 4 nitrogen and oxygen atoms in total. The van der Waals surface area contributed by atoms with Gasteiger partial charge in [0.1, 0.15) is 5.75 Å². The van der Waals surface area contributed by atoms with Gasteiger partial charge in [-0.1, -0.05) is 18.2 Å². The number of carbonyl (C=O) groups excluding carboxylic acids is 1. The molecule has 1 aliphatic heterocycles. The zero-order valence-electron chi connectivity index (χ0n) is 14.4. The zero-order valence-corrected chi connectivity index (χ0v) is 16.0. The highest BCUT2D eigenvalue weighted by Crippen LogP contribution is 2.31. The first kappa shape index (κ1) is 19.6. The van der Waals surface area contributed by atoms with Gasteiger partial charge in [-0.05, 0) is 36.6 Å². The summed E-state index contributed by atoms with van der Waals surface area (Å²) in [6.45, 7) is 2.22. The largest absolute Gasteiger partial charge is 0.496 e. The molecular formula is C19H23ClN2O2S. The van der Waals surface area contributed by atoms with E-state index in [1.165, 1.54) is 0 Å². The van der Waals surface area contributed by atoms with Crippen molar-refractivity contribution in [2.45, 2.75) is 10.9 Å². The van der Waals surface area contributed by atoms with Gasteiger partial charge in [-0.15, -0.1) is 24.2 Å². The summed E-state index contributed by atoms with van der Waals surface area (Å²) in [4.78, 5) is 16.1. The van der Waals surface area contributed by atoms with Crippen molar-refractivity contribution in [2.24, 2.45) is 0 Å². The van der Waals surface area contributed by atoms with Crippen LogP contribution < -0.4 is 10.1 Å². The van der Waals surface area contributed by atoms with Gasteiger partial charge in [0.25, 0.3) is 5.91 Å². The number of halogens is 1. The number of nitrogens with zero attached hydrogens (tertiary/aromatic N) is 1. The minimum absolute atomic E-state index is 0. The van der Waals surface area contributed by atoms with E-state index in [0.29, 0.717) is 6.54 Å². The first-order valence-corrected chi connectivity index (χ1v) is 9.25. The molecule has 6 heteroatoms. The molecule has 1 N–H and O–H groups in total. The number of benzene rings is 2. The van der Waals surface area contributed by atoms with Crippen molar-refractivity contribution in [2.75, 3.05) is 33.0 Å². The van der Waals surface area contributed by atoms with Gasteiger partial charge in [-0.25, -0.2) is 0 Å². The van der Waals surface area contributed by atoms with E-state index < -0.39 is 0 Å². The highest BCUT2D eigenvalue weighted by Gasteiger charge is 2.30. The molecule has 0 saturated carbocycles. The van der Waals surface area contributed by atoms with Crippen molar-refractivity contribution in [3.8, 4) is 5.75 Å². The van der Waals surface area contributed by atoms with Crippen LogP contribution in [0.25, 0.3) is 0 Å². The van der Waals surface area contributed by atoms with Crippen LogP contribution in [0.15, 0.2) is 53.4 Å². The number of thioether (sulfide) groups is 1. The lowest BCUT2D eigenvalue weighted by atomic mass is 10.0. The first-order chi connectivity index (χ1) is 11.7. The molecule has 2 aromatic carbocycles. The maximum Gasteiger partial charge on any atom is 0.254 e. The van der Waals surface area contributed by atoms with Gasteiger partial charge in [0.15, 0.2) is 0 Å². The van der Waals surface area contributed by atoms with Crippen molar-refractivity contribution in [1.29, 1.82) is 0 Å². The van der Waals surface area contributed by atoms with E-state index in [1.54, 1.807) is 18.9 Å². The summed E-state index contributed by atoms with van der Waals surface area (Å²) in [5.41, 5.74) is 1.77. The molecule has 0 bridgehead atoms. The molecule has 0 aliphatic carbocycles. The molecule has 1 atom stereocenters. The Labute approximate surface area is 159 Å². The Kier molecular flexibility index (Phi) is 7.17. The molecule has 0 radical (unpaired) electrons. The molecule has 3 rings (SSSR count). The molecule has 1 saturated heterocycles. The van der Waals surface area contributed by atoms with Gasteiger partial charge in [0, 0.05) is 35.7 Å². The number of methoxy groups -OCH3 is 1. The second kappa shape index (κ2) is 9.13. The van der Waals surface area contributed by atoms with E-state index in [4.69, 9.17) is 4.74 Å². The Morgan fingerprint density at radius 1 is 1.20 bits per heavy atom. The van der Waals surface area contributed by atoms with Crippen LogP contribution >= 0.6 is 24.2 Å². The van der Waals surface area contributed by atoms with Crippen LogP contribution in [0.3, 0.4) is 0 Å². The van der Waals surface area contributed by atoms with E-state index in [-0.39, 0.29) is 24.4 Å². The lowest BCUT2D eigenvalue weighted by Gasteiger charge is -2.37. The summed E-state index contributed by atoms with van der Waals surface area (Å²) in [6, 6.07) is 15.7. The number of hydrogen-bond donors (Lipinski definition) is 1. The molecule has 2 aromatic rings. The molecule has 1 aliphatic rings. The third kappa shape index (κ3) is 4.29. The van der Waals surface area contributed by atoms with Crippen molar-refractivity contribution < 1.29 is 9.53 Å². The highest BCUT2D eigenvalue weighted by atomic mass is 35.5. The summed E-state index contributed by atoms with van der Waals surface area (Å²) in [5, 5.41) is 3.39. The van der Waals surface area contributed by atoms with Crippen LogP contribution in [0.1, 0.15) is 22.0 Å². The van der Waals surface area contributed by atoms with Crippen LogP contribution in [0, 0.1) is 0 Å². The number of ether oxygens (including phenoxy) is 1. The molecule has 0 aromatic heterocycles. The van der Waals surface area contributed by atoms with E-state index in [0.717, 1.165) is 34.9 Å². The summed E-state index contributed by atoms with van der Waals surface area (Å²) < 4.78 is 5.49. The zero-order chi connectivity index (χ0) is 16.9. The monoisotopic (exact) mass is 378 g/mol. The van der Waals surface area contributed by atoms with E-state index in [1.807, 2.05) is 59.7 Å². The number of piperazine rings is 1. The summed E-state index contributed by atoms with van der Waals surface area (Å²) in [5.74, 6) is 0.891. The third-order valence-corrected chi connectivity index (χ3v) is 5.08. The maximum atomic E-state index is 13.0. The lowest BCUT2D eigenvalue weighted by molar-refractivity contribution is 0.0631. The highest BCUT2D eigenvalue weighted by molar-refractivity contribution is 7.98. The normalized spacial score (nSPS) is 16.9. The predicted octanol–water partition coefficient (Wildman–Crippen LogP) is 3.63. The second-order valence-corrected chi connectivity index (χ2v) is 6.57. The Morgan fingerprint density at radius 3 is 2.60 bits per heavy atom. The maximum absolute atomic E-state index is 13.0. The van der Waals surface area contributed by atoms with Crippen molar-refractivity contribution in [3.63, 3.8) is 0 Å². The van der Waals surface area contributed by atoms with Crippen molar-refractivity contribution >= 4 is 30.1 Å². The molecule has 25 heavy (non-hydrogen) atoms. The molecule has 134 valence electrons. The van der Waals surface area contributed by atoms with Crippen molar-refractivity contribution in [3.05, 3.63) is 59.7 Å². The molecule has 0 spiro atoms. The fourth-order valence-corrected chi connectivity index (χ4v) is 3.47. The summed E-state index contributed by atoms with van der Waals surface area (Å²) >= 11 is 1.68. The quantitative estimate of drug-likeness (QED) is 0.825. The molecule has 1 fully saturated rings. The Bertz CT molecular complexity index is 709. The van der Waals surface area contributed by atoms with Gasteiger partial charge in [-0.2, -0.15) is 0 Å². The average molecular weight is 379 g/mol. The van der Waals surface area contributed by atoms with E-state index in [9.17, 15) is 4.79 Å². The minimum atomic E-state index is -0.0253. The standard InChI is InChI=1S/C19H22N2O2S.ClH/c1-23-18-6-4-3-5-16(18)17-13-20-11-12-21(17)19(22)14-7-9-15(24-2)10-8-14;/h3-10,17,20H,11-13H2,1-2H3;1H. The van der Waals surface area contributed by atoms with Crippen LogP contribution in [0.4, 0.5) is 0 Å². The minimum Gasteiger partial charge on any atom is -0.496 e. The first-order valence-electron chi connectivity index (χ1n) is 8.03. The fraction of sp³-hybridized carbons (Fsp3) is 0.316. The predicted molar refractivity (Wildman–Crippen MR) is 105 cm³/mol. The number of para-hydroxylation sites is 1. The van der Waals surface area contributed by atoms with E-state index >= 15 is 0 Å². The van der Waals surface area contributed by atoms with Crippen LogP contribution in [-0.2, 0) is 0 Å². The molecular weight excluding hydrogens is 356 g/mol. The number of nitrogens with one attached hydrogen (secondary N) is 1. The average Bonchev–Trinajstić information content (AvgIpc) is 2.67. The molecule has 1 unspecified atom stereocenters. The van der Waals surface area contributed by atoms with Gasteiger partial charge in [0.05, 0.1) is 13.2 Å². The van der Waals surface area contributed by atoms with Gasteiger partial charge in [-0.3, -0.25) is 4.79 Å². The van der Waals surface area contributed by atoms with Gasteiger partial charge in [0.2, 0.25) is 0 Å². The lowest BCUT2D eigenvalue weighted by Crippen LogP contribution is -2.48. The number of rotatable bonds is 4. The summed E-state index contributed by atoms with van der Waals surface area (Å²) in [7, 11) is 1.67. The fourth-order valence-electron chi connectivity index (χ4n) is 3.07. The SMILES string of the molecule is COc1ccccc1C1CNCCN1C(=O)c1ccc(SC)cc1.Cl. The molecule has 1 amide bonds. The van der Waals surface area contributed by atoms with Crippen LogP contribution in [0.2, 0.25) is 0 Å². The smallest absolute Gasteiger partial charge is 0.254 e. The van der Waals surface area contributed by atoms with E-state index in [2.05, 4.69) is 5.32 Å². The Balaban J connectivity index is 0.00000225. The Morgan fingerprint density at radius 2 is 1.92 bits per heavy atom. The van der Waals surface area contributed by atoms with Gasteiger partial charge < -0.3 is 15.0 Å². The number of carbonyl (C=O) groups is 1. The third-order valence-electron chi connectivity index (χ3n) is 4.34.